The zero-order valence-electron chi connectivity index (χ0n) is 19.5. The summed E-state index contributed by atoms with van der Waals surface area (Å²) in [6.45, 7) is 4.55. The molecule has 7 nitrogen and oxygen atoms in total. The van der Waals surface area contributed by atoms with E-state index in [0.29, 0.717) is 30.1 Å². The Morgan fingerprint density at radius 1 is 1.18 bits per heavy atom. The molecule has 0 spiro atoms. The van der Waals surface area contributed by atoms with Gasteiger partial charge in [-0.1, -0.05) is 36.4 Å². The number of hydrogen-bond donors (Lipinski definition) is 4. The van der Waals surface area contributed by atoms with E-state index >= 15 is 0 Å². The van der Waals surface area contributed by atoms with Gasteiger partial charge in [-0.3, -0.25) is 4.79 Å². The van der Waals surface area contributed by atoms with Crippen molar-refractivity contribution in [3.63, 3.8) is 0 Å². The quantitative estimate of drug-likeness (QED) is 0.179. The van der Waals surface area contributed by atoms with Crippen LogP contribution in [-0.2, 0) is 14.3 Å². The number of carbonyl (C=O) groups excluding carboxylic acids is 2. The van der Waals surface area contributed by atoms with Crippen molar-refractivity contribution in [3.05, 3.63) is 11.6 Å². The molecule has 0 bridgehead atoms. The number of aliphatic hydroxyl groups is 3. The van der Waals surface area contributed by atoms with Crippen LogP contribution in [-0.4, -0.2) is 55.7 Å². The minimum Gasteiger partial charge on any atom is -0.458 e. The summed E-state index contributed by atoms with van der Waals surface area (Å²) in [5.41, 5.74) is -2.07. The highest BCUT2D eigenvalue weighted by Gasteiger charge is 2.71. The van der Waals surface area contributed by atoms with Crippen molar-refractivity contribution in [1.29, 1.82) is 0 Å². The van der Waals surface area contributed by atoms with Crippen LogP contribution >= 0.6 is 22.6 Å². The normalized spacial score (nSPS) is 51.2. The molecule has 1 heterocycles. The van der Waals surface area contributed by atoms with Crippen molar-refractivity contribution in [2.75, 3.05) is 11.0 Å². The Hall–Kier alpha value is -0.710. The van der Waals surface area contributed by atoms with E-state index in [4.69, 9.17) is 4.74 Å². The summed E-state index contributed by atoms with van der Waals surface area (Å²) < 4.78 is 5.49. The number of ether oxygens (including phenoxy) is 1. The summed E-state index contributed by atoms with van der Waals surface area (Å²) in [6, 6.07) is 0. The lowest BCUT2D eigenvalue weighted by molar-refractivity contribution is -0.249. The number of alkyl halides is 1. The molecule has 0 radical (unpaired) electrons. The lowest BCUT2D eigenvalue weighted by Crippen LogP contribution is -2.68. The highest BCUT2D eigenvalue weighted by atomic mass is 127. The summed E-state index contributed by atoms with van der Waals surface area (Å²) >= 11 is 2.01. The average Bonchev–Trinajstić information content (AvgIpc) is 3.31. The minimum atomic E-state index is -1.17. The number of rotatable bonds is 3. The van der Waals surface area contributed by atoms with Crippen molar-refractivity contribution in [2.45, 2.75) is 82.6 Å². The van der Waals surface area contributed by atoms with Gasteiger partial charge in [0.25, 0.3) is 0 Å². The number of fused-ring (bicyclic) bond motifs is 5. The van der Waals surface area contributed by atoms with E-state index in [0.717, 1.165) is 31.3 Å². The van der Waals surface area contributed by atoms with Crippen LogP contribution in [0.15, 0.2) is 11.6 Å². The maximum atomic E-state index is 12.3. The molecule has 184 valence electrons. The first-order valence-electron chi connectivity index (χ1n) is 12.3. The van der Waals surface area contributed by atoms with Gasteiger partial charge in [-0.2, -0.15) is 0 Å². The van der Waals surface area contributed by atoms with Crippen LogP contribution in [0.5, 0.6) is 0 Å². The second kappa shape index (κ2) is 7.90. The van der Waals surface area contributed by atoms with E-state index in [2.05, 4.69) is 12.2 Å². The van der Waals surface area contributed by atoms with Crippen molar-refractivity contribution in [3.8, 4) is 0 Å². The molecule has 5 aliphatic rings. The van der Waals surface area contributed by atoms with Crippen LogP contribution in [0.2, 0.25) is 0 Å². The number of nitrogens with one attached hydrogen (secondary N) is 1. The predicted molar refractivity (Wildman–Crippen MR) is 129 cm³/mol. The van der Waals surface area contributed by atoms with Crippen molar-refractivity contribution in [2.24, 2.45) is 34.5 Å². The Balaban J connectivity index is 1.43. The largest absolute Gasteiger partial charge is 0.458 e. The number of cyclic esters (lactones) is 1. The second-order valence-electron chi connectivity index (χ2n) is 11.8. The summed E-state index contributed by atoms with van der Waals surface area (Å²) in [6.07, 6.45) is 6.38. The molecule has 8 heteroatoms. The molecule has 1 amide bonds. The van der Waals surface area contributed by atoms with E-state index < -0.39 is 22.8 Å². The first kappa shape index (κ1) is 24.0. The summed E-state index contributed by atoms with van der Waals surface area (Å²) in [4.78, 5) is 23.7. The summed E-state index contributed by atoms with van der Waals surface area (Å²) in [7, 11) is 0. The van der Waals surface area contributed by atoms with Gasteiger partial charge in [-0.25, -0.2) is 4.79 Å². The number of esters is 1. The number of amides is 1. The van der Waals surface area contributed by atoms with Gasteiger partial charge in [0.05, 0.1) is 16.1 Å². The Morgan fingerprint density at radius 2 is 1.94 bits per heavy atom. The maximum absolute atomic E-state index is 12.3. The van der Waals surface area contributed by atoms with E-state index in [9.17, 15) is 24.9 Å². The average molecular weight is 573 g/mol. The Morgan fingerprint density at radius 3 is 2.61 bits per heavy atom. The standard InChI is InChI=1S/C25H36INO6/c1-22-7-8-24(31,27-20(29)12-26)11-15(22)3-4-17-18(22)10-19(28)23(2)16(5-6-25(17,23)32)14-9-21(30)33-13-14/h9,15-19,28,31-32H,3-8,10-13H2,1-2H3,(H,27,29)/t15-,16-,17-,18+,19-,22+,23+,24+,25+/m1/s1. The van der Waals surface area contributed by atoms with E-state index in [1.54, 1.807) is 6.08 Å². The molecule has 0 aromatic heterocycles. The molecule has 0 aromatic carbocycles. The molecule has 33 heavy (non-hydrogen) atoms. The minimum absolute atomic E-state index is 0.0598. The van der Waals surface area contributed by atoms with Gasteiger partial charge in [0, 0.05) is 11.5 Å². The smallest absolute Gasteiger partial charge is 0.331 e. The molecule has 9 atom stereocenters. The monoisotopic (exact) mass is 573 g/mol. The van der Waals surface area contributed by atoms with Crippen LogP contribution in [0.1, 0.15) is 65.2 Å². The highest BCUT2D eigenvalue weighted by Crippen LogP contribution is 2.70. The summed E-state index contributed by atoms with van der Waals surface area (Å²) in [5, 5.41) is 37.8. The van der Waals surface area contributed by atoms with Crippen LogP contribution in [0.4, 0.5) is 0 Å². The van der Waals surface area contributed by atoms with Crippen molar-refractivity contribution < 1.29 is 29.6 Å². The predicted octanol–water partition coefficient (Wildman–Crippen LogP) is 2.45. The zero-order valence-corrected chi connectivity index (χ0v) is 21.6. The van der Waals surface area contributed by atoms with Crippen LogP contribution in [0.3, 0.4) is 0 Å². The van der Waals surface area contributed by atoms with Crippen LogP contribution in [0, 0.1) is 34.5 Å². The molecular weight excluding hydrogens is 537 g/mol. The molecule has 5 rings (SSSR count). The highest BCUT2D eigenvalue weighted by molar-refractivity contribution is 14.1. The molecule has 4 fully saturated rings. The first-order valence-corrected chi connectivity index (χ1v) is 13.9. The molecule has 0 saturated heterocycles. The maximum Gasteiger partial charge on any atom is 0.331 e. The fourth-order valence-electron chi connectivity index (χ4n) is 8.78. The molecule has 4 saturated carbocycles. The van der Waals surface area contributed by atoms with Gasteiger partial charge in [-0.05, 0) is 86.0 Å². The Kier molecular flexibility index (Phi) is 5.75. The number of hydrogen-bond acceptors (Lipinski definition) is 6. The zero-order chi connectivity index (χ0) is 23.8. The van der Waals surface area contributed by atoms with E-state index in [-0.39, 0.29) is 47.6 Å². The topological polar surface area (TPSA) is 116 Å². The third-order valence-corrected chi connectivity index (χ3v) is 11.3. The number of halogens is 1. The van der Waals surface area contributed by atoms with E-state index in [1.807, 2.05) is 29.5 Å². The molecule has 4 N–H and O–H groups in total. The Bertz CT molecular complexity index is 894. The fourth-order valence-corrected chi connectivity index (χ4v) is 8.97. The van der Waals surface area contributed by atoms with Gasteiger partial charge in [0.1, 0.15) is 12.3 Å². The number of carbonyl (C=O) groups is 2. The van der Waals surface area contributed by atoms with Gasteiger partial charge in [0.15, 0.2) is 0 Å². The van der Waals surface area contributed by atoms with Gasteiger partial charge < -0.3 is 25.4 Å². The van der Waals surface area contributed by atoms with Crippen molar-refractivity contribution >= 4 is 34.5 Å². The van der Waals surface area contributed by atoms with Gasteiger partial charge in [-0.15, -0.1) is 0 Å². The summed E-state index contributed by atoms with van der Waals surface area (Å²) in [5.74, 6) is -0.0728. The van der Waals surface area contributed by atoms with Crippen LogP contribution in [0.25, 0.3) is 0 Å². The van der Waals surface area contributed by atoms with Crippen LogP contribution < -0.4 is 5.32 Å². The van der Waals surface area contributed by atoms with E-state index in [1.165, 1.54) is 0 Å². The van der Waals surface area contributed by atoms with Crippen molar-refractivity contribution in [1.82, 2.24) is 5.32 Å². The van der Waals surface area contributed by atoms with Gasteiger partial charge in [0.2, 0.25) is 5.91 Å². The molecule has 1 aliphatic heterocycles. The third kappa shape index (κ3) is 3.37. The lowest BCUT2D eigenvalue weighted by Gasteiger charge is -2.65. The first-order chi connectivity index (χ1) is 15.5. The SMILES string of the molecule is C[C@]12CC[C@@](O)(NC(=O)CI)C[C@H]1CC[C@@H]1[C@@H]2C[C@@H](O)[C@]2(C)[C@@H](C3=CC(=O)OC3)CC[C@]12O. The molecule has 0 unspecified atom stereocenters. The third-order valence-electron chi connectivity index (χ3n) is 10.6. The fraction of sp³-hybridized carbons (Fsp3) is 0.840. The number of aliphatic hydroxyl groups excluding tert-OH is 1. The Labute approximate surface area is 208 Å². The molecule has 0 aromatic rings. The molecule has 4 aliphatic carbocycles. The van der Waals surface area contributed by atoms with Gasteiger partial charge >= 0.3 is 5.97 Å². The second-order valence-corrected chi connectivity index (χ2v) is 12.6. The molecular formula is C25H36INO6. The lowest BCUT2D eigenvalue weighted by atomic mass is 9.42.